The largest absolute Gasteiger partial charge is 0.236 e. The van der Waals surface area contributed by atoms with Crippen molar-refractivity contribution < 1.29 is 8.42 Å². The van der Waals surface area contributed by atoms with Crippen LogP contribution < -0.4 is 0 Å². The minimum Gasteiger partial charge on any atom is -0.207 e. The van der Waals surface area contributed by atoms with Crippen molar-refractivity contribution in [1.82, 2.24) is 4.31 Å². The van der Waals surface area contributed by atoms with Crippen molar-refractivity contribution in [2.24, 2.45) is 0 Å². The van der Waals surface area contributed by atoms with Gasteiger partial charge in [0, 0.05) is 18.5 Å². The summed E-state index contributed by atoms with van der Waals surface area (Å²) < 4.78 is 26.5. The van der Waals surface area contributed by atoms with E-state index in [0.29, 0.717) is 19.5 Å². The van der Waals surface area contributed by atoms with E-state index in [1.54, 1.807) is 12.2 Å². The number of rotatable bonds is 8. The summed E-state index contributed by atoms with van der Waals surface area (Å²) in [5.74, 6) is 0. The second kappa shape index (κ2) is 8.46. The monoisotopic (exact) mass is 327 g/mol. The zero-order valence-electron chi connectivity index (χ0n) is 13.0. The van der Waals surface area contributed by atoms with Crippen molar-refractivity contribution in [3.8, 4) is 0 Å². The third-order valence-electron chi connectivity index (χ3n) is 3.42. The SMILES string of the molecule is C=CCN(CCc1ccccc1)S(=O)(=O)/C=C/c1ccccc1. The lowest BCUT2D eigenvalue weighted by molar-refractivity contribution is 0.453. The Labute approximate surface area is 138 Å². The Hall–Kier alpha value is -2.17. The molecule has 2 aromatic rings. The first-order valence-electron chi connectivity index (χ1n) is 7.50. The fourth-order valence-electron chi connectivity index (χ4n) is 2.18. The summed E-state index contributed by atoms with van der Waals surface area (Å²) >= 11 is 0. The average molecular weight is 327 g/mol. The Morgan fingerprint density at radius 1 is 0.957 bits per heavy atom. The minimum atomic E-state index is -3.47. The maximum Gasteiger partial charge on any atom is 0.236 e. The number of hydrogen-bond acceptors (Lipinski definition) is 2. The van der Waals surface area contributed by atoms with Gasteiger partial charge in [0.15, 0.2) is 0 Å². The fourth-order valence-corrected chi connectivity index (χ4v) is 3.34. The lowest BCUT2D eigenvalue weighted by Gasteiger charge is -2.18. The Kier molecular flexibility index (Phi) is 6.32. The maximum atomic E-state index is 12.5. The predicted molar refractivity (Wildman–Crippen MR) is 96.3 cm³/mol. The quantitative estimate of drug-likeness (QED) is 0.693. The van der Waals surface area contributed by atoms with E-state index < -0.39 is 10.0 Å². The van der Waals surface area contributed by atoms with E-state index in [1.807, 2.05) is 60.7 Å². The molecule has 0 heterocycles. The molecule has 0 saturated heterocycles. The highest BCUT2D eigenvalue weighted by atomic mass is 32.2. The van der Waals surface area contributed by atoms with Crippen molar-refractivity contribution in [3.63, 3.8) is 0 Å². The molecule has 0 atom stereocenters. The van der Waals surface area contributed by atoms with Gasteiger partial charge in [0.1, 0.15) is 0 Å². The van der Waals surface area contributed by atoms with E-state index in [4.69, 9.17) is 0 Å². The molecule has 120 valence electrons. The first kappa shape index (κ1) is 17.2. The standard InChI is InChI=1S/C19H21NO2S/c1-2-15-20(16-13-18-9-5-3-6-10-18)23(21,22)17-14-19-11-7-4-8-12-19/h2-12,14,17H,1,13,15-16H2/b17-14+. The summed E-state index contributed by atoms with van der Waals surface area (Å²) in [7, 11) is -3.47. The molecule has 0 radical (unpaired) electrons. The van der Waals surface area contributed by atoms with E-state index in [2.05, 4.69) is 6.58 Å². The van der Waals surface area contributed by atoms with E-state index in [9.17, 15) is 8.42 Å². The van der Waals surface area contributed by atoms with E-state index in [0.717, 1.165) is 11.1 Å². The molecule has 2 aromatic carbocycles. The third kappa shape index (κ3) is 5.51. The molecule has 0 aliphatic carbocycles. The molecule has 0 aromatic heterocycles. The van der Waals surface area contributed by atoms with Gasteiger partial charge in [0.25, 0.3) is 0 Å². The van der Waals surface area contributed by atoms with Crippen LogP contribution in [0.2, 0.25) is 0 Å². The van der Waals surface area contributed by atoms with Crippen LogP contribution in [-0.2, 0) is 16.4 Å². The molecule has 2 rings (SSSR count). The van der Waals surface area contributed by atoms with E-state index in [1.165, 1.54) is 9.71 Å². The van der Waals surface area contributed by atoms with Gasteiger partial charge < -0.3 is 0 Å². The smallest absolute Gasteiger partial charge is 0.207 e. The van der Waals surface area contributed by atoms with Crippen LogP contribution in [0, 0.1) is 0 Å². The Balaban J connectivity index is 2.08. The highest BCUT2D eigenvalue weighted by molar-refractivity contribution is 7.92. The molecule has 0 bridgehead atoms. The molecule has 23 heavy (non-hydrogen) atoms. The molecule has 0 aliphatic heterocycles. The zero-order chi connectivity index (χ0) is 16.5. The molecule has 0 N–H and O–H groups in total. The van der Waals surface area contributed by atoms with Gasteiger partial charge >= 0.3 is 0 Å². The molecule has 0 spiro atoms. The van der Waals surface area contributed by atoms with Gasteiger partial charge in [-0.25, -0.2) is 8.42 Å². The van der Waals surface area contributed by atoms with Crippen molar-refractivity contribution in [1.29, 1.82) is 0 Å². The highest BCUT2D eigenvalue weighted by Gasteiger charge is 2.17. The van der Waals surface area contributed by atoms with Crippen LogP contribution in [0.4, 0.5) is 0 Å². The summed E-state index contributed by atoms with van der Waals surface area (Å²) in [5.41, 5.74) is 1.97. The van der Waals surface area contributed by atoms with Gasteiger partial charge in [0.05, 0.1) is 0 Å². The van der Waals surface area contributed by atoms with Gasteiger partial charge in [-0.05, 0) is 23.6 Å². The number of benzene rings is 2. The molecular weight excluding hydrogens is 306 g/mol. The first-order chi connectivity index (χ1) is 11.1. The fraction of sp³-hybridized carbons (Fsp3) is 0.158. The van der Waals surface area contributed by atoms with E-state index >= 15 is 0 Å². The number of nitrogens with zero attached hydrogens (tertiary/aromatic N) is 1. The summed E-state index contributed by atoms with van der Waals surface area (Å²) in [6.45, 7) is 4.39. The second-order valence-corrected chi connectivity index (χ2v) is 6.96. The van der Waals surface area contributed by atoms with Crippen molar-refractivity contribution in [2.75, 3.05) is 13.1 Å². The van der Waals surface area contributed by atoms with Crippen LogP contribution in [-0.4, -0.2) is 25.8 Å². The third-order valence-corrected chi connectivity index (χ3v) is 4.95. The summed E-state index contributed by atoms with van der Waals surface area (Å²) in [4.78, 5) is 0. The first-order valence-corrected chi connectivity index (χ1v) is 9.00. The summed E-state index contributed by atoms with van der Waals surface area (Å²) in [5, 5.41) is 1.26. The zero-order valence-corrected chi connectivity index (χ0v) is 13.8. The van der Waals surface area contributed by atoms with Crippen LogP contribution >= 0.6 is 0 Å². The van der Waals surface area contributed by atoms with Crippen LogP contribution in [0.3, 0.4) is 0 Å². The highest BCUT2D eigenvalue weighted by Crippen LogP contribution is 2.10. The number of hydrogen-bond donors (Lipinski definition) is 0. The number of sulfonamides is 1. The molecule has 3 nitrogen and oxygen atoms in total. The van der Waals surface area contributed by atoms with Gasteiger partial charge in [-0.3, -0.25) is 0 Å². The Bertz CT molecular complexity index is 737. The normalized spacial score (nSPS) is 11.9. The predicted octanol–water partition coefficient (Wildman–Crippen LogP) is 3.72. The minimum absolute atomic E-state index is 0.300. The van der Waals surface area contributed by atoms with Crippen LogP contribution in [0.15, 0.2) is 78.7 Å². The molecule has 4 heteroatoms. The Morgan fingerprint density at radius 2 is 1.57 bits per heavy atom. The molecule has 0 amide bonds. The van der Waals surface area contributed by atoms with Gasteiger partial charge in [-0.15, -0.1) is 6.58 Å². The maximum absolute atomic E-state index is 12.5. The van der Waals surface area contributed by atoms with Crippen molar-refractivity contribution in [2.45, 2.75) is 6.42 Å². The molecule has 0 aliphatic rings. The van der Waals surface area contributed by atoms with Gasteiger partial charge in [0.2, 0.25) is 10.0 Å². The molecule has 0 fully saturated rings. The van der Waals surface area contributed by atoms with Crippen LogP contribution in [0.5, 0.6) is 0 Å². The summed E-state index contributed by atoms with van der Waals surface area (Å²) in [6, 6.07) is 19.2. The summed E-state index contributed by atoms with van der Waals surface area (Å²) in [6.07, 6.45) is 3.90. The van der Waals surface area contributed by atoms with Crippen LogP contribution in [0.1, 0.15) is 11.1 Å². The van der Waals surface area contributed by atoms with Crippen LogP contribution in [0.25, 0.3) is 6.08 Å². The topological polar surface area (TPSA) is 37.4 Å². The lowest BCUT2D eigenvalue weighted by atomic mass is 10.1. The second-order valence-electron chi connectivity index (χ2n) is 5.14. The van der Waals surface area contributed by atoms with Gasteiger partial charge in [-0.2, -0.15) is 4.31 Å². The molecule has 0 unspecified atom stereocenters. The molecule has 0 saturated carbocycles. The van der Waals surface area contributed by atoms with E-state index in [-0.39, 0.29) is 0 Å². The average Bonchev–Trinajstić information content (AvgIpc) is 2.58. The van der Waals surface area contributed by atoms with Crippen molar-refractivity contribution in [3.05, 3.63) is 89.9 Å². The molecular formula is C19H21NO2S. The Morgan fingerprint density at radius 3 is 2.17 bits per heavy atom. The van der Waals surface area contributed by atoms with Crippen molar-refractivity contribution >= 4 is 16.1 Å². The lowest BCUT2D eigenvalue weighted by Crippen LogP contribution is -2.31. The van der Waals surface area contributed by atoms with Gasteiger partial charge in [-0.1, -0.05) is 66.7 Å².